The highest BCUT2D eigenvalue weighted by atomic mass is 16.6. The molecule has 2 aromatic carbocycles. The number of hydrogen-bond donors (Lipinski definition) is 2. The molecule has 3 rings (SSSR count). The number of nitro groups is 1. The molecule has 0 radical (unpaired) electrons. The Labute approximate surface area is 172 Å². The fourth-order valence-electron chi connectivity index (χ4n) is 2.86. The van der Waals surface area contributed by atoms with Crippen molar-refractivity contribution < 1.29 is 14.5 Å². The van der Waals surface area contributed by atoms with Crippen molar-refractivity contribution in [1.29, 1.82) is 0 Å². The van der Waals surface area contributed by atoms with Gasteiger partial charge in [-0.15, -0.1) is 0 Å². The van der Waals surface area contributed by atoms with E-state index in [0.29, 0.717) is 18.7 Å². The quantitative estimate of drug-likeness (QED) is 0.417. The molecule has 3 aromatic rings. The van der Waals surface area contributed by atoms with E-state index in [1.54, 1.807) is 6.20 Å². The number of nitrogens with one attached hydrogen (secondary N) is 2. The second kappa shape index (κ2) is 9.97. The van der Waals surface area contributed by atoms with Crippen molar-refractivity contribution in [1.82, 2.24) is 20.4 Å². The summed E-state index contributed by atoms with van der Waals surface area (Å²) in [5.74, 6) is -0.574. The smallest absolute Gasteiger partial charge is 0.269 e. The van der Waals surface area contributed by atoms with Crippen LogP contribution in [0.4, 0.5) is 5.69 Å². The number of nitro benzene ring substituents is 1. The minimum Gasteiger partial charge on any atom is -0.352 e. The maximum atomic E-state index is 12.1. The Morgan fingerprint density at radius 1 is 1.00 bits per heavy atom. The van der Waals surface area contributed by atoms with Gasteiger partial charge in [-0.1, -0.05) is 24.3 Å². The van der Waals surface area contributed by atoms with Gasteiger partial charge in [0.05, 0.1) is 11.5 Å². The first-order valence-corrected chi connectivity index (χ1v) is 9.36. The van der Waals surface area contributed by atoms with Gasteiger partial charge in [0.25, 0.3) is 11.6 Å². The van der Waals surface area contributed by atoms with Crippen LogP contribution in [0.1, 0.15) is 27.9 Å². The Bertz CT molecular complexity index is 1020. The molecular formula is C21H21N5O4. The number of carbonyl (C=O) groups is 2. The zero-order valence-electron chi connectivity index (χ0n) is 16.2. The van der Waals surface area contributed by atoms with Crippen LogP contribution in [0.2, 0.25) is 0 Å². The molecule has 0 aliphatic rings. The first-order chi connectivity index (χ1) is 14.5. The lowest BCUT2D eigenvalue weighted by molar-refractivity contribution is -0.384. The summed E-state index contributed by atoms with van der Waals surface area (Å²) in [5.41, 5.74) is 2.27. The largest absolute Gasteiger partial charge is 0.352 e. The lowest BCUT2D eigenvalue weighted by Gasteiger charge is -2.11. The van der Waals surface area contributed by atoms with Crippen molar-refractivity contribution in [3.63, 3.8) is 0 Å². The SMILES string of the molecule is O=C(CCNC(=O)c1ccc([N+](=O)[O-])cc1)NCc1ccccc1Cn1cccn1. The van der Waals surface area contributed by atoms with E-state index >= 15 is 0 Å². The number of non-ortho nitro benzene ring substituents is 1. The summed E-state index contributed by atoms with van der Waals surface area (Å²) in [7, 11) is 0. The molecule has 0 fully saturated rings. The van der Waals surface area contributed by atoms with Crippen LogP contribution in [0.5, 0.6) is 0 Å². The first-order valence-electron chi connectivity index (χ1n) is 9.36. The van der Waals surface area contributed by atoms with Crippen LogP contribution in [0, 0.1) is 10.1 Å². The first kappa shape index (κ1) is 20.7. The second-order valence-corrected chi connectivity index (χ2v) is 6.56. The molecule has 9 nitrogen and oxygen atoms in total. The van der Waals surface area contributed by atoms with Gasteiger partial charge in [-0.05, 0) is 29.3 Å². The average molecular weight is 407 g/mol. The van der Waals surface area contributed by atoms with E-state index in [2.05, 4.69) is 15.7 Å². The molecule has 0 aliphatic carbocycles. The highest BCUT2D eigenvalue weighted by molar-refractivity contribution is 5.94. The third-order valence-electron chi connectivity index (χ3n) is 4.46. The maximum Gasteiger partial charge on any atom is 0.269 e. The molecule has 2 amide bonds. The minimum atomic E-state index is -0.529. The van der Waals surface area contributed by atoms with Crippen molar-refractivity contribution in [2.45, 2.75) is 19.5 Å². The van der Waals surface area contributed by atoms with E-state index in [9.17, 15) is 19.7 Å². The summed E-state index contributed by atoms with van der Waals surface area (Å²) < 4.78 is 1.81. The molecule has 1 heterocycles. The third-order valence-corrected chi connectivity index (χ3v) is 4.46. The van der Waals surface area contributed by atoms with Gasteiger partial charge in [0.1, 0.15) is 0 Å². The number of amides is 2. The van der Waals surface area contributed by atoms with Crippen LogP contribution in [-0.4, -0.2) is 33.1 Å². The molecule has 0 unspecified atom stereocenters. The van der Waals surface area contributed by atoms with Gasteiger partial charge in [-0.25, -0.2) is 0 Å². The summed E-state index contributed by atoms with van der Waals surface area (Å²) in [5, 5.41) is 20.3. The maximum absolute atomic E-state index is 12.1. The number of rotatable bonds is 9. The van der Waals surface area contributed by atoms with Crippen molar-refractivity contribution in [2.24, 2.45) is 0 Å². The van der Waals surface area contributed by atoms with Crippen molar-refractivity contribution >= 4 is 17.5 Å². The van der Waals surface area contributed by atoms with Gasteiger partial charge in [-0.2, -0.15) is 5.10 Å². The molecule has 154 valence electrons. The molecule has 1 aromatic heterocycles. The molecular weight excluding hydrogens is 386 g/mol. The van der Waals surface area contributed by atoms with Crippen LogP contribution < -0.4 is 10.6 Å². The molecule has 0 bridgehead atoms. The Morgan fingerprint density at radius 2 is 1.73 bits per heavy atom. The summed E-state index contributed by atoms with van der Waals surface area (Å²) >= 11 is 0. The van der Waals surface area contributed by atoms with Crippen molar-refractivity contribution in [2.75, 3.05) is 6.54 Å². The highest BCUT2D eigenvalue weighted by Gasteiger charge is 2.10. The lowest BCUT2D eigenvalue weighted by Crippen LogP contribution is -2.30. The Hall–Kier alpha value is -4.01. The number of hydrogen-bond acceptors (Lipinski definition) is 5. The second-order valence-electron chi connectivity index (χ2n) is 6.56. The van der Waals surface area contributed by atoms with E-state index in [4.69, 9.17) is 0 Å². The topological polar surface area (TPSA) is 119 Å². The Kier molecular flexibility index (Phi) is 6.88. The van der Waals surface area contributed by atoms with Crippen molar-refractivity contribution in [3.8, 4) is 0 Å². The fourth-order valence-corrected chi connectivity index (χ4v) is 2.86. The molecule has 0 aliphatic heterocycles. The molecule has 30 heavy (non-hydrogen) atoms. The van der Waals surface area contributed by atoms with Crippen LogP contribution in [0.15, 0.2) is 67.0 Å². The monoisotopic (exact) mass is 407 g/mol. The van der Waals surface area contributed by atoms with Crippen LogP contribution >= 0.6 is 0 Å². The zero-order valence-corrected chi connectivity index (χ0v) is 16.2. The molecule has 0 atom stereocenters. The van der Waals surface area contributed by atoms with E-state index in [-0.39, 0.29) is 30.5 Å². The van der Waals surface area contributed by atoms with Crippen molar-refractivity contribution in [3.05, 3.63) is 93.8 Å². The Morgan fingerprint density at radius 3 is 2.40 bits per heavy atom. The van der Waals surface area contributed by atoms with Crippen LogP contribution in [-0.2, 0) is 17.9 Å². The number of nitrogens with zero attached hydrogens (tertiary/aromatic N) is 3. The van der Waals surface area contributed by atoms with Crippen LogP contribution in [0.3, 0.4) is 0 Å². The summed E-state index contributed by atoms with van der Waals surface area (Å²) in [6, 6.07) is 15.0. The average Bonchev–Trinajstić information content (AvgIpc) is 3.26. The predicted octanol–water partition coefficient (Wildman–Crippen LogP) is 2.28. The molecule has 0 saturated heterocycles. The van der Waals surface area contributed by atoms with Gasteiger partial charge in [-0.3, -0.25) is 24.4 Å². The van der Waals surface area contributed by atoms with Gasteiger partial charge in [0.15, 0.2) is 0 Å². The zero-order chi connectivity index (χ0) is 21.3. The molecule has 2 N–H and O–H groups in total. The number of benzene rings is 2. The third kappa shape index (κ3) is 5.74. The van der Waals surface area contributed by atoms with Gasteiger partial charge >= 0.3 is 0 Å². The van der Waals surface area contributed by atoms with Gasteiger partial charge < -0.3 is 10.6 Å². The fraction of sp³-hybridized carbons (Fsp3) is 0.190. The van der Waals surface area contributed by atoms with E-state index in [0.717, 1.165) is 11.1 Å². The summed E-state index contributed by atoms with van der Waals surface area (Å²) in [6.07, 6.45) is 3.72. The minimum absolute atomic E-state index is 0.0845. The highest BCUT2D eigenvalue weighted by Crippen LogP contribution is 2.12. The molecule has 0 spiro atoms. The number of carbonyl (C=O) groups excluding carboxylic acids is 2. The summed E-state index contributed by atoms with van der Waals surface area (Å²) in [6.45, 7) is 1.16. The van der Waals surface area contributed by atoms with E-state index < -0.39 is 4.92 Å². The van der Waals surface area contributed by atoms with E-state index in [1.165, 1.54) is 24.3 Å². The summed E-state index contributed by atoms with van der Waals surface area (Å²) in [4.78, 5) is 34.3. The Balaban J connectivity index is 1.44. The van der Waals surface area contributed by atoms with E-state index in [1.807, 2.05) is 41.2 Å². The lowest BCUT2D eigenvalue weighted by atomic mass is 10.1. The molecule has 0 saturated carbocycles. The van der Waals surface area contributed by atoms with Gasteiger partial charge in [0, 0.05) is 49.6 Å². The molecule has 9 heteroatoms. The predicted molar refractivity (Wildman–Crippen MR) is 110 cm³/mol. The van der Waals surface area contributed by atoms with Gasteiger partial charge in [0.2, 0.25) is 5.91 Å². The number of aromatic nitrogens is 2. The standard InChI is InChI=1S/C21H21N5O4/c27-20(10-12-22-21(28)16-6-8-19(9-7-16)26(29)30)23-14-17-4-1-2-5-18(17)15-25-13-3-11-24-25/h1-9,11,13H,10,12,14-15H2,(H,22,28)(H,23,27). The normalized spacial score (nSPS) is 10.4. The van der Waals surface area contributed by atoms with Crippen LogP contribution in [0.25, 0.3) is 0 Å².